The summed E-state index contributed by atoms with van der Waals surface area (Å²) in [6, 6.07) is 3.37. The number of aliphatic hydroxyl groups excluding tert-OH is 1. The standard InChI is InChI=1S/C16H22FN3O6S/c1-11-9-12(17)3-4-13(11)27(24,25)20-6-2-8-26-14(20)10-19-16(23)15(22)18-5-7-21/h3-4,9,14,21H,2,5-8,10H2,1H3,(H,18,22)(H,19,23). The molecule has 1 aromatic rings. The second-order valence-electron chi connectivity index (χ2n) is 5.89. The molecule has 11 heteroatoms. The molecule has 0 radical (unpaired) electrons. The molecule has 1 aromatic carbocycles. The van der Waals surface area contributed by atoms with E-state index in [0.717, 1.165) is 16.4 Å². The fourth-order valence-electron chi connectivity index (χ4n) is 2.64. The number of carbonyl (C=O) groups excluding carboxylic acids is 2. The van der Waals surface area contributed by atoms with Gasteiger partial charge in [-0.2, -0.15) is 4.31 Å². The molecule has 150 valence electrons. The molecule has 0 saturated carbocycles. The van der Waals surface area contributed by atoms with Gasteiger partial charge < -0.3 is 20.5 Å². The lowest BCUT2D eigenvalue weighted by atomic mass is 10.2. The van der Waals surface area contributed by atoms with Crippen molar-refractivity contribution in [2.24, 2.45) is 0 Å². The SMILES string of the molecule is Cc1cc(F)ccc1S(=O)(=O)N1CCCOC1CNC(=O)C(=O)NCCO. The molecule has 1 atom stereocenters. The van der Waals surface area contributed by atoms with Crippen molar-refractivity contribution in [1.82, 2.24) is 14.9 Å². The molecule has 1 saturated heterocycles. The molecular weight excluding hydrogens is 381 g/mol. The van der Waals surface area contributed by atoms with E-state index < -0.39 is 33.9 Å². The summed E-state index contributed by atoms with van der Waals surface area (Å²) >= 11 is 0. The predicted octanol–water partition coefficient (Wildman–Crippen LogP) is -0.904. The third-order valence-electron chi connectivity index (χ3n) is 3.92. The minimum atomic E-state index is -3.98. The third kappa shape index (κ3) is 5.22. The van der Waals surface area contributed by atoms with Crippen LogP contribution in [0.1, 0.15) is 12.0 Å². The van der Waals surface area contributed by atoms with Gasteiger partial charge in [0.2, 0.25) is 10.0 Å². The summed E-state index contributed by atoms with van der Waals surface area (Å²) in [4.78, 5) is 23.2. The van der Waals surface area contributed by atoms with Crippen molar-refractivity contribution in [1.29, 1.82) is 0 Å². The zero-order valence-corrected chi connectivity index (χ0v) is 15.6. The average molecular weight is 403 g/mol. The summed E-state index contributed by atoms with van der Waals surface area (Å²) in [6.45, 7) is 1.33. The lowest BCUT2D eigenvalue weighted by Gasteiger charge is -2.34. The predicted molar refractivity (Wildman–Crippen MR) is 92.5 cm³/mol. The Morgan fingerprint density at radius 2 is 2.04 bits per heavy atom. The Morgan fingerprint density at radius 1 is 1.33 bits per heavy atom. The van der Waals surface area contributed by atoms with Crippen LogP contribution in [0.3, 0.4) is 0 Å². The summed E-state index contributed by atoms with van der Waals surface area (Å²) in [7, 11) is -3.98. The van der Waals surface area contributed by atoms with E-state index in [2.05, 4.69) is 10.6 Å². The molecule has 27 heavy (non-hydrogen) atoms. The number of sulfonamides is 1. The van der Waals surface area contributed by atoms with Crippen molar-refractivity contribution in [2.75, 3.05) is 32.8 Å². The molecule has 0 bridgehead atoms. The van der Waals surface area contributed by atoms with Crippen LogP contribution in [0.15, 0.2) is 23.1 Å². The number of benzene rings is 1. The van der Waals surface area contributed by atoms with Gasteiger partial charge in [-0.15, -0.1) is 0 Å². The minimum Gasteiger partial charge on any atom is -0.395 e. The largest absolute Gasteiger partial charge is 0.395 e. The van der Waals surface area contributed by atoms with Gasteiger partial charge in [-0.3, -0.25) is 9.59 Å². The second kappa shape index (κ2) is 9.22. The Bertz CT molecular complexity index is 801. The molecule has 3 N–H and O–H groups in total. The van der Waals surface area contributed by atoms with Gasteiger partial charge in [-0.1, -0.05) is 0 Å². The molecule has 1 fully saturated rings. The Balaban J connectivity index is 2.12. The number of aliphatic hydroxyl groups is 1. The minimum absolute atomic E-state index is 0.0496. The van der Waals surface area contributed by atoms with Crippen molar-refractivity contribution in [2.45, 2.75) is 24.5 Å². The van der Waals surface area contributed by atoms with Gasteiger partial charge >= 0.3 is 11.8 Å². The van der Waals surface area contributed by atoms with Gasteiger partial charge in [0.05, 0.1) is 24.7 Å². The number of rotatable bonds is 6. The van der Waals surface area contributed by atoms with Crippen LogP contribution >= 0.6 is 0 Å². The van der Waals surface area contributed by atoms with Crippen molar-refractivity contribution in [3.05, 3.63) is 29.6 Å². The van der Waals surface area contributed by atoms with Gasteiger partial charge in [-0.25, -0.2) is 12.8 Å². The van der Waals surface area contributed by atoms with Crippen LogP contribution < -0.4 is 10.6 Å². The fourth-order valence-corrected chi connectivity index (χ4v) is 4.41. The summed E-state index contributed by atoms with van der Waals surface area (Å²) in [5.74, 6) is -2.45. The molecule has 0 aromatic heterocycles. The highest BCUT2D eigenvalue weighted by Gasteiger charge is 2.35. The maximum absolute atomic E-state index is 13.3. The monoisotopic (exact) mass is 403 g/mol. The quantitative estimate of drug-likeness (QED) is 0.529. The van der Waals surface area contributed by atoms with E-state index in [1.165, 1.54) is 13.0 Å². The summed E-state index contributed by atoms with van der Waals surface area (Å²) in [5.41, 5.74) is 0.256. The van der Waals surface area contributed by atoms with E-state index in [9.17, 15) is 22.4 Å². The Hall–Kier alpha value is -2.08. The van der Waals surface area contributed by atoms with E-state index in [1.54, 1.807) is 0 Å². The number of hydrogen-bond donors (Lipinski definition) is 3. The highest BCUT2D eigenvalue weighted by Crippen LogP contribution is 2.25. The first-order valence-corrected chi connectivity index (χ1v) is 9.78. The van der Waals surface area contributed by atoms with Crippen molar-refractivity contribution >= 4 is 21.8 Å². The number of nitrogens with zero attached hydrogens (tertiary/aromatic N) is 1. The van der Waals surface area contributed by atoms with E-state index in [-0.39, 0.29) is 36.7 Å². The number of hydrogen-bond acceptors (Lipinski definition) is 6. The fraction of sp³-hybridized carbons (Fsp3) is 0.500. The van der Waals surface area contributed by atoms with E-state index >= 15 is 0 Å². The lowest BCUT2D eigenvalue weighted by molar-refractivity contribution is -0.140. The normalized spacial score (nSPS) is 18.1. The Morgan fingerprint density at radius 3 is 2.70 bits per heavy atom. The van der Waals surface area contributed by atoms with Crippen LogP contribution in [0.5, 0.6) is 0 Å². The molecule has 1 unspecified atom stereocenters. The number of nitrogens with one attached hydrogen (secondary N) is 2. The second-order valence-corrected chi connectivity index (χ2v) is 7.75. The Labute approximate surface area is 156 Å². The first-order chi connectivity index (χ1) is 12.8. The molecule has 1 aliphatic rings. The van der Waals surface area contributed by atoms with E-state index in [1.807, 2.05) is 0 Å². The highest BCUT2D eigenvalue weighted by molar-refractivity contribution is 7.89. The maximum atomic E-state index is 13.3. The number of amides is 2. The number of ether oxygens (including phenoxy) is 1. The average Bonchev–Trinajstić information content (AvgIpc) is 2.64. The van der Waals surface area contributed by atoms with Gasteiger partial charge in [0.1, 0.15) is 12.0 Å². The van der Waals surface area contributed by atoms with Crippen molar-refractivity contribution < 1.29 is 32.2 Å². The lowest BCUT2D eigenvalue weighted by Crippen LogP contribution is -2.53. The van der Waals surface area contributed by atoms with E-state index in [4.69, 9.17) is 9.84 Å². The molecule has 0 spiro atoms. The smallest absolute Gasteiger partial charge is 0.309 e. The zero-order valence-electron chi connectivity index (χ0n) is 14.8. The van der Waals surface area contributed by atoms with Crippen LogP contribution in [-0.4, -0.2) is 68.7 Å². The summed E-state index contributed by atoms with van der Waals surface area (Å²) < 4.78 is 45.7. The zero-order chi connectivity index (χ0) is 20.0. The maximum Gasteiger partial charge on any atom is 0.309 e. The summed E-state index contributed by atoms with van der Waals surface area (Å²) in [6.07, 6.45) is -0.538. The Kier molecular flexibility index (Phi) is 7.25. The highest BCUT2D eigenvalue weighted by atomic mass is 32.2. The van der Waals surface area contributed by atoms with Gasteiger partial charge in [0, 0.05) is 13.1 Å². The molecule has 1 heterocycles. The molecular formula is C16H22FN3O6S. The van der Waals surface area contributed by atoms with Crippen LogP contribution in [0.4, 0.5) is 4.39 Å². The van der Waals surface area contributed by atoms with Crippen LogP contribution in [-0.2, 0) is 24.3 Å². The van der Waals surface area contributed by atoms with E-state index in [0.29, 0.717) is 13.0 Å². The van der Waals surface area contributed by atoms with Crippen LogP contribution in [0.25, 0.3) is 0 Å². The number of aryl methyl sites for hydroxylation is 1. The first kappa shape index (κ1) is 21.2. The topological polar surface area (TPSA) is 125 Å². The molecule has 9 nitrogen and oxygen atoms in total. The van der Waals surface area contributed by atoms with Crippen molar-refractivity contribution in [3.8, 4) is 0 Å². The van der Waals surface area contributed by atoms with Gasteiger partial charge in [0.15, 0.2) is 0 Å². The molecule has 2 rings (SSSR count). The molecule has 1 aliphatic heterocycles. The molecule has 2 amide bonds. The first-order valence-electron chi connectivity index (χ1n) is 8.34. The van der Waals surface area contributed by atoms with Crippen LogP contribution in [0, 0.1) is 12.7 Å². The van der Waals surface area contributed by atoms with Gasteiger partial charge in [-0.05, 0) is 37.1 Å². The number of halogens is 1. The third-order valence-corrected chi connectivity index (χ3v) is 5.97. The summed E-state index contributed by atoms with van der Waals surface area (Å²) in [5, 5.41) is 13.1. The van der Waals surface area contributed by atoms with Crippen LogP contribution in [0.2, 0.25) is 0 Å². The van der Waals surface area contributed by atoms with Gasteiger partial charge in [0.25, 0.3) is 0 Å². The molecule has 0 aliphatic carbocycles. The number of carbonyl (C=O) groups is 2. The van der Waals surface area contributed by atoms with Crippen molar-refractivity contribution in [3.63, 3.8) is 0 Å².